The van der Waals surface area contributed by atoms with Crippen LogP contribution in [0, 0.1) is 0 Å². The Morgan fingerprint density at radius 3 is 2.00 bits per heavy atom. The Morgan fingerprint density at radius 2 is 1.53 bits per heavy atom. The number of carbonyl (C=O) groups excluding carboxylic acids is 1. The molecule has 1 fully saturated rings. The Kier molecular flexibility index (Phi) is 6.73. The number of phenols is 1. The molecule has 32 heavy (non-hydrogen) atoms. The van der Waals surface area contributed by atoms with E-state index in [9.17, 15) is 9.90 Å². The van der Waals surface area contributed by atoms with Crippen LogP contribution in [0.1, 0.15) is 11.6 Å². The third-order valence-corrected chi connectivity index (χ3v) is 6.83. The van der Waals surface area contributed by atoms with Crippen molar-refractivity contribution < 1.29 is 28.8 Å². The van der Waals surface area contributed by atoms with Crippen molar-refractivity contribution in [1.29, 1.82) is 0 Å². The monoisotopic (exact) mass is 457 g/mol. The number of methoxy groups -OCH3 is 4. The number of β-lactam (4-membered cyclic amide) rings is 1. The molecular formula is C24H31NO6Si. The molecule has 1 atom stereocenters. The van der Waals surface area contributed by atoms with E-state index in [1.807, 2.05) is 6.07 Å². The van der Waals surface area contributed by atoms with Gasteiger partial charge in [-0.05, 0) is 23.7 Å². The minimum atomic E-state index is -1.40. The molecule has 2 aromatic carbocycles. The third kappa shape index (κ3) is 4.41. The van der Waals surface area contributed by atoms with E-state index in [0.29, 0.717) is 34.3 Å². The molecule has 0 radical (unpaired) electrons. The van der Waals surface area contributed by atoms with Crippen molar-refractivity contribution in [3.8, 4) is 28.7 Å². The van der Waals surface area contributed by atoms with Crippen molar-refractivity contribution >= 4 is 19.7 Å². The summed E-state index contributed by atoms with van der Waals surface area (Å²) in [7, 11) is 4.71. The molecule has 1 aliphatic rings. The number of hydrogen-bond acceptors (Lipinski definition) is 6. The first-order valence-corrected chi connectivity index (χ1v) is 14.1. The van der Waals surface area contributed by atoms with E-state index >= 15 is 0 Å². The zero-order valence-electron chi connectivity index (χ0n) is 19.7. The zero-order chi connectivity index (χ0) is 23.6. The Bertz CT molecular complexity index is 1020. The van der Waals surface area contributed by atoms with Gasteiger partial charge < -0.3 is 24.1 Å². The summed E-state index contributed by atoms with van der Waals surface area (Å²) >= 11 is 0. The summed E-state index contributed by atoms with van der Waals surface area (Å²) in [6, 6.07) is 9.26. The van der Waals surface area contributed by atoms with Crippen LogP contribution < -0.4 is 23.8 Å². The first-order valence-electron chi connectivity index (χ1n) is 10.4. The van der Waals surface area contributed by atoms with Gasteiger partial charge in [0.05, 0.1) is 40.2 Å². The summed E-state index contributed by atoms with van der Waals surface area (Å²) in [6.45, 7) is 6.79. The first kappa shape index (κ1) is 23.5. The van der Waals surface area contributed by atoms with Crippen molar-refractivity contribution in [3.63, 3.8) is 0 Å². The zero-order valence-corrected chi connectivity index (χ0v) is 20.7. The molecular weight excluding hydrogens is 426 g/mol. The van der Waals surface area contributed by atoms with Crippen molar-refractivity contribution in [1.82, 2.24) is 0 Å². The fourth-order valence-corrected chi connectivity index (χ4v) is 4.57. The van der Waals surface area contributed by atoms with E-state index in [1.165, 1.54) is 28.4 Å². The summed E-state index contributed by atoms with van der Waals surface area (Å²) in [4.78, 5) is 15.0. The van der Waals surface area contributed by atoms with E-state index in [4.69, 9.17) is 18.9 Å². The van der Waals surface area contributed by atoms with E-state index in [1.54, 1.807) is 29.2 Å². The Morgan fingerprint density at radius 1 is 0.938 bits per heavy atom. The lowest BCUT2D eigenvalue weighted by molar-refractivity contribution is -0.119. The molecule has 0 aliphatic carbocycles. The number of phenolic OH excluding ortho intramolecular Hbond substituents is 1. The molecule has 1 heterocycles. The number of ether oxygens (including phenoxy) is 4. The topological polar surface area (TPSA) is 77.5 Å². The number of hydrogen-bond donors (Lipinski definition) is 1. The van der Waals surface area contributed by atoms with Gasteiger partial charge in [0, 0.05) is 25.8 Å². The second-order valence-corrected chi connectivity index (χ2v) is 14.3. The minimum Gasteiger partial charge on any atom is -0.504 e. The largest absolute Gasteiger partial charge is 0.504 e. The summed E-state index contributed by atoms with van der Waals surface area (Å²) in [6.07, 6.45) is 2.05. The molecule has 1 aliphatic heterocycles. The van der Waals surface area contributed by atoms with Gasteiger partial charge >= 0.3 is 0 Å². The summed E-state index contributed by atoms with van der Waals surface area (Å²) in [5, 5.41) is 10.4. The molecule has 3 rings (SSSR count). The first-order chi connectivity index (χ1) is 15.1. The average Bonchev–Trinajstić information content (AvgIpc) is 2.75. The van der Waals surface area contributed by atoms with Crippen LogP contribution in [-0.2, 0) is 4.79 Å². The molecule has 0 saturated carbocycles. The van der Waals surface area contributed by atoms with E-state index in [0.717, 1.165) is 11.6 Å². The second kappa shape index (κ2) is 9.16. The number of allylic oxidation sites excluding steroid dienone is 1. The van der Waals surface area contributed by atoms with Crippen LogP contribution in [-0.4, -0.2) is 47.5 Å². The predicted octanol–water partition coefficient (Wildman–Crippen LogP) is 4.78. The molecule has 0 spiro atoms. The van der Waals surface area contributed by atoms with Crippen LogP contribution in [0.15, 0.2) is 42.0 Å². The van der Waals surface area contributed by atoms with E-state index in [-0.39, 0.29) is 17.7 Å². The third-order valence-electron chi connectivity index (χ3n) is 5.40. The number of aromatic hydroxyl groups is 1. The second-order valence-electron chi connectivity index (χ2n) is 8.82. The average molecular weight is 458 g/mol. The van der Waals surface area contributed by atoms with Gasteiger partial charge in [0.2, 0.25) is 5.75 Å². The summed E-state index contributed by atoms with van der Waals surface area (Å²) < 4.78 is 21.5. The smallest absolute Gasteiger partial charge is 0.257 e. The molecule has 1 saturated heterocycles. The summed E-state index contributed by atoms with van der Waals surface area (Å²) in [5.41, 5.74) is 2.12. The highest BCUT2D eigenvalue weighted by Crippen LogP contribution is 2.49. The lowest BCUT2D eigenvalue weighted by Crippen LogP contribution is -2.49. The fourth-order valence-electron chi connectivity index (χ4n) is 3.74. The number of rotatable bonds is 8. The van der Waals surface area contributed by atoms with Crippen LogP contribution >= 0.6 is 0 Å². The maximum atomic E-state index is 13.3. The van der Waals surface area contributed by atoms with Crippen molar-refractivity contribution in [2.75, 3.05) is 33.3 Å². The van der Waals surface area contributed by atoms with Gasteiger partial charge in [0.1, 0.15) is 0 Å². The maximum Gasteiger partial charge on any atom is 0.257 e. The molecule has 0 aromatic heterocycles. The predicted molar refractivity (Wildman–Crippen MR) is 127 cm³/mol. The Balaban J connectivity index is 2.12. The van der Waals surface area contributed by atoms with Crippen molar-refractivity contribution in [3.05, 3.63) is 47.5 Å². The molecule has 2 aromatic rings. The number of benzene rings is 2. The quantitative estimate of drug-likeness (QED) is 0.349. The minimum absolute atomic E-state index is 0.0266. The highest BCUT2D eigenvalue weighted by atomic mass is 28.3. The SMILES string of the molecule is COc1ccc([C@H]2/C(=C\C[Si](C)(C)C)C(=O)N2c2cc(OC)c(OC)c(OC)c2)cc1O. The number of anilines is 1. The summed E-state index contributed by atoms with van der Waals surface area (Å²) in [5.74, 6) is 1.71. The standard InChI is InChI=1S/C24H31NO6Si/c1-28-19-9-8-15(12-18(19)26)22-17(10-11-32(5,6)7)24(27)25(22)16-13-20(29-2)23(31-4)21(14-16)30-3/h8-10,12-14,22,26H,11H2,1-7H3/b17-10+/t22-/m0/s1. The molecule has 8 heteroatoms. The molecule has 1 amide bonds. The normalized spacial score (nSPS) is 17.2. The molecule has 0 bridgehead atoms. The van der Waals surface area contributed by atoms with Gasteiger partial charge in [0.25, 0.3) is 5.91 Å². The molecule has 172 valence electrons. The van der Waals surface area contributed by atoms with Gasteiger partial charge in [-0.2, -0.15) is 0 Å². The number of carbonyl (C=O) groups is 1. The highest BCUT2D eigenvalue weighted by Gasteiger charge is 2.44. The molecule has 7 nitrogen and oxygen atoms in total. The lowest BCUT2D eigenvalue weighted by atomic mass is 9.87. The van der Waals surface area contributed by atoms with Crippen LogP contribution in [0.2, 0.25) is 25.7 Å². The van der Waals surface area contributed by atoms with Gasteiger partial charge in [-0.15, -0.1) is 0 Å². The van der Waals surface area contributed by atoms with Gasteiger partial charge in [-0.3, -0.25) is 9.69 Å². The highest BCUT2D eigenvalue weighted by molar-refractivity contribution is 6.76. The van der Waals surface area contributed by atoms with E-state index in [2.05, 4.69) is 25.7 Å². The number of amides is 1. The van der Waals surface area contributed by atoms with Gasteiger partial charge in [-0.25, -0.2) is 0 Å². The van der Waals surface area contributed by atoms with Crippen molar-refractivity contribution in [2.24, 2.45) is 0 Å². The van der Waals surface area contributed by atoms with Gasteiger partial charge in [0.15, 0.2) is 23.0 Å². The van der Waals surface area contributed by atoms with Gasteiger partial charge in [-0.1, -0.05) is 31.8 Å². The van der Waals surface area contributed by atoms with Crippen LogP contribution in [0.3, 0.4) is 0 Å². The van der Waals surface area contributed by atoms with E-state index < -0.39 is 8.07 Å². The van der Waals surface area contributed by atoms with Crippen LogP contribution in [0.4, 0.5) is 5.69 Å². The maximum absolute atomic E-state index is 13.3. The van der Waals surface area contributed by atoms with Crippen LogP contribution in [0.5, 0.6) is 28.7 Å². The Labute approximate surface area is 190 Å². The fraction of sp³-hybridized carbons (Fsp3) is 0.375. The number of nitrogens with zero attached hydrogens (tertiary/aromatic N) is 1. The van der Waals surface area contributed by atoms with Crippen molar-refractivity contribution in [2.45, 2.75) is 31.7 Å². The van der Waals surface area contributed by atoms with Crippen LogP contribution in [0.25, 0.3) is 0 Å². The molecule has 0 unspecified atom stereocenters. The Hall–Kier alpha value is -3.13. The lowest BCUT2D eigenvalue weighted by Gasteiger charge is -2.43. The molecule has 1 N–H and O–H groups in total.